The average Bonchev–Trinajstić information content (AvgIpc) is 2.96. The van der Waals surface area contributed by atoms with Crippen molar-refractivity contribution in [2.75, 3.05) is 59.6 Å². The number of carbonyl (C=O) groups excluding carboxylic acids is 1. The Balaban J connectivity index is 1.03. The third kappa shape index (κ3) is 7.78. The van der Waals surface area contributed by atoms with Crippen LogP contribution in [0.2, 0.25) is 0 Å². The van der Waals surface area contributed by atoms with Crippen LogP contribution in [0, 0.1) is 11.8 Å². The van der Waals surface area contributed by atoms with Crippen molar-refractivity contribution in [2.24, 2.45) is 11.8 Å². The third-order valence-electron chi connectivity index (χ3n) is 9.55. The van der Waals surface area contributed by atoms with Crippen LogP contribution < -0.4 is 37.2 Å². The van der Waals surface area contributed by atoms with Gasteiger partial charge in [-0.3, -0.25) is 26.2 Å². The number of amides is 2. The highest BCUT2D eigenvalue weighted by molar-refractivity contribution is 5.74. The Labute approximate surface area is 228 Å². The molecule has 0 spiro atoms. The minimum atomic E-state index is -0.0219. The molecular formula is C27H52N8O3. The van der Waals surface area contributed by atoms with E-state index in [-0.39, 0.29) is 24.4 Å². The van der Waals surface area contributed by atoms with Crippen LogP contribution in [0.5, 0.6) is 0 Å². The quantitative estimate of drug-likeness (QED) is 0.235. The molecule has 0 bridgehead atoms. The summed E-state index contributed by atoms with van der Waals surface area (Å²) in [5.41, 5.74) is 0. The third-order valence-corrected chi connectivity index (χ3v) is 9.55. The minimum Gasteiger partial charge on any atom is -0.380 e. The molecule has 38 heavy (non-hydrogen) atoms. The number of carbonyl (C=O) groups is 1. The van der Waals surface area contributed by atoms with E-state index < -0.39 is 0 Å². The number of piperidine rings is 2. The van der Waals surface area contributed by atoms with E-state index in [1.165, 1.54) is 0 Å². The van der Waals surface area contributed by atoms with Crippen LogP contribution in [-0.2, 0) is 9.47 Å². The molecular weight excluding hydrogens is 484 g/mol. The van der Waals surface area contributed by atoms with Gasteiger partial charge in [0.05, 0.1) is 25.5 Å². The number of hydrogen-bond donors (Lipinski definition) is 7. The Bertz CT molecular complexity index is 733. The smallest absolute Gasteiger partial charge is 0.315 e. The van der Waals surface area contributed by atoms with Gasteiger partial charge in [-0.2, -0.15) is 0 Å². The zero-order valence-electron chi connectivity index (χ0n) is 23.5. The van der Waals surface area contributed by atoms with Gasteiger partial charge in [0, 0.05) is 57.5 Å². The van der Waals surface area contributed by atoms with Gasteiger partial charge in [-0.15, -0.1) is 0 Å². The highest BCUT2D eigenvalue weighted by Gasteiger charge is 2.35. The molecule has 7 N–H and O–H groups in total. The Morgan fingerprint density at radius 2 is 1.76 bits per heavy atom. The van der Waals surface area contributed by atoms with Crippen molar-refractivity contribution in [3.8, 4) is 0 Å². The molecule has 5 fully saturated rings. The zero-order valence-corrected chi connectivity index (χ0v) is 23.5. The highest BCUT2D eigenvalue weighted by atomic mass is 16.5. The van der Waals surface area contributed by atoms with Crippen LogP contribution in [0.4, 0.5) is 4.79 Å². The fourth-order valence-corrected chi connectivity index (χ4v) is 7.12. The van der Waals surface area contributed by atoms with Gasteiger partial charge < -0.3 is 25.4 Å². The summed E-state index contributed by atoms with van der Waals surface area (Å²) < 4.78 is 11.1. The lowest BCUT2D eigenvalue weighted by Gasteiger charge is -2.43. The molecule has 1 aliphatic carbocycles. The topological polar surface area (TPSA) is 123 Å². The standard InChI is InChI=1S/C27H52N8O3/c1-18-3-4-20(31-27(36)32-21-5-6-25(30-16-21)35-9-11-38-12-10-35)14-24(18)34-26-29-8-7-23(33-26)19-13-22(37-2)17-28-15-19/h18-26,28-30,33-34H,3-17H2,1-2H3,(H2,31,32,36). The summed E-state index contributed by atoms with van der Waals surface area (Å²) in [4.78, 5) is 15.3. The molecule has 4 saturated heterocycles. The fraction of sp³-hybridized carbons (Fsp3) is 0.963. The number of nitrogens with zero attached hydrogens (tertiary/aromatic N) is 1. The zero-order chi connectivity index (χ0) is 26.3. The van der Waals surface area contributed by atoms with Crippen LogP contribution >= 0.6 is 0 Å². The van der Waals surface area contributed by atoms with E-state index in [0.717, 1.165) is 97.4 Å². The van der Waals surface area contributed by atoms with Gasteiger partial charge in [-0.1, -0.05) is 6.92 Å². The van der Waals surface area contributed by atoms with Gasteiger partial charge >= 0.3 is 6.03 Å². The lowest BCUT2D eigenvalue weighted by molar-refractivity contribution is 0.000682. The summed E-state index contributed by atoms with van der Waals surface area (Å²) in [5, 5.41) is 25.0. The Morgan fingerprint density at radius 1 is 0.947 bits per heavy atom. The first-order valence-corrected chi connectivity index (χ1v) is 15.2. The van der Waals surface area contributed by atoms with Gasteiger partial charge in [-0.05, 0) is 69.9 Å². The molecule has 0 aromatic heterocycles. The van der Waals surface area contributed by atoms with Crippen LogP contribution in [-0.4, -0.2) is 113 Å². The number of rotatable bonds is 7. The van der Waals surface area contributed by atoms with E-state index in [2.05, 4.69) is 49.0 Å². The van der Waals surface area contributed by atoms with Gasteiger partial charge in [0.2, 0.25) is 0 Å². The molecule has 4 aliphatic heterocycles. The molecule has 2 amide bonds. The Morgan fingerprint density at radius 3 is 2.55 bits per heavy atom. The second kappa shape index (κ2) is 14.0. The maximum Gasteiger partial charge on any atom is 0.315 e. The number of methoxy groups -OCH3 is 1. The van der Waals surface area contributed by atoms with Crippen molar-refractivity contribution < 1.29 is 14.3 Å². The van der Waals surface area contributed by atoms with E-state index in [9.17, 15) is 4.79 Å². The maximum atomic E-state index is 12.9. The second-order valence-corrected chi connectivity index (χ2v) is 12.2. The summed E-state index contributed by atoms with van der Waals surface area (Å²) in [6, 6.07) is 1.20. The van der Waals surface area contributed by atoms with Crippen LogP contribution in [0.15, 0.2) is 0 Å². The molecule has 0 radical (unpaired) electrons. The van der Waals surface area contributed by atoms with Crippen molar-refractivity contribution >= 4 is 6.03 Å². The van der Waals surface area contributed by atoms with Crippen LogP contribution in [0.25, 0.3) is 0 Å². The molecule has 11 heteroatoms. The van der Waals surface area contributed by atoms with Gasteiger partial charge in [0.15, 0.2) is 0 Å². The second-order valence-electron chi connectivity index (χ2n) is 12.2. The molecule has 218 valence electrons. The molecule has 5 aliphatic rings. The number of morpholine rings is 1. The highest BCUT2D eigenvalue weighted by Crippen LogP contribution is 2.26. The number of ether oxygens (including phenoxy) is 2. The van der Waals surface area contributed by atoms with E-state index in [1.807, 2.05) is 7.11 Å². The van der Waals surface area contributed by atoms with Crippen molar-refractivity contribution in [3.63, 3.8) is 0 Å². The SMILES string of the molecule is COC1CNCC(C2CCNC(NC3CC(NC(=O)NC4CCC(N5CCOCC5)NC4)CCC3C)N2)C1. The van der Waals surface area contributed by atoms with E-state index in [4.69, 9.17) is 9.47 Å². The molecule has 1 saturated carbocycles. The average molecular weight is 537 g/mol. The number of hydrogen-bond acceptors (Lipinski definition) is 9. The van der Waals surface area contributed by atoms with Gasteiger partial charge in [0.25, 0.3) is 0 Å². The summed E-state index contributed by atoms with van der Waals surface area (Å²) in [5.74, 6) is 1.16. The van der Waals surface area contributed by atoms with E-state index in [1.54, 1.807) is 0 Å². The predicted molar refractivity (Wildman–Crippen MR) is 148 cm³/mol. The predicted octanol–water partition coefficient (Wildman–Crippen LogP) is -0.298. The monoisotopic (exact) mass is 536 g/mol. The van der Waals surface area contributed by atoms with Gasteiger partial charge in [0.1, 0.15) is 6.29 Å². The summed E-state index contributed by atoms with van der Waals surface area (Å²) in [7, 11) is 1.82. The van der Waals surface area contributed by atoms with Crippen LogP contribution in [0.3, 0.4) is 0 Å². The maximum absolute atomic E-state index is 12.9. The molecule has 9 atom stereocenters. The summed E-state index contributed by atoms with van der Waals surface area (Å²) >= 11 is 0. The fourth-order valence-electron chi connectivity index (χ4n) is 7.12. The largest absolute Gasteiger partial charge is 0.380 e. The summed E-state index contributed by atoms with van der Waals surface area (Å²) in [6.07, 6.45) is 8.24. The van der Waals surface area contributed by atoms with E-state index >= 15 is 0 Å². The summed E-state index contributed by atoms with van der Waals surface area (Å²) in [6.45, 7) is 9.79. The molecule has 0 aromatic rings. The van der Waals surface area contributed by atoms with Crippen molar-refractivity contribution in [1.29, 1.82) is 0 Å². The Kier molecular flexibility index (Phi) is 10.5. The number of nitrogens with one attached hydrogen (secondary N) is 7. The lowest BCUT2D eigenvalue weighted by Crippen LogP contribution is -2.66. The molecule has 9 unspecified atom stereocenters. The van der Waals surface area contributed by atoms with Crippen molar-refractivity contribution in [1.82, 2.24) is 42.1 Å². The minimum absolute atomic E-state index is 0.0219. The van der Waals surface area contributed by atoms with Gasteiger partial charge in [-0.25, -0.2) is 4.79 Å². The first kappa shape index (κ1) is 28.5. The lowest BCUT2D eigenvalue weighted by atomic mass is 9.82. The Hall–Kier alpha value is -1.05. The van der Waals surface area contributed by atoms with Crippen molar-refractivity contribution in [3.05, 3.63) is 0 Å². The number of urea groups is 1. The van der Waals surface area contributed by atoms with Crippen molar-refractivity contribution in [2.45, 2.75) is 94.6 Å². The molecule has 0 aromatic carbocycles. The normalized spacial score (nSPS) is 41.4. The molecule has 11 nitrogen and oxygen atoms in total. The first-order valence-electron chi connectivity index (χ1n) is 15.2. The van der Waals surface area contributed by atoms with E-state index in [0.29, 0.717) is 36.2 Å². The first-order chi connectivity index (χ1) is 18.6. The molecule has 4 heterocycles. The molecule has 5 rings (SSSR count). The van der Waals surface area contributed by atoms with Crippen LogP contribution in [0.1, 0.15) is 51.9 Å².